The molecule has 0 spiro atoms. The summed E-state index contributed by atoms with van der Waals surface area (Å²) in [6, 6.07) is 17.5. The first-order valence-corrected chi connectivity index (χ1v) is 10.1. The van der Waals surface area contributed by atoms with Crippen LogP contribution < -0.4 is 0 Å². The molecule has 1 aliphatic heterocycles. The Labute approximate surface area is 166 Å². The topological polar surface area (TPSA) is 72.7 Å². The van der Waals surface area contributed by atoms with Crippen molar-refractivity contribution in [2.75, 3.05) is 13.1 Å². The van der Waals surface area contributed by atoms with E-state index in [0.717, 1.165) is 25.9 Å². The van der Waals surface area contributed by atoms with Gasteiger partial charge in [0.25, 0.3) is 11.0 Å². The fourth-order valence-electron chi connectivity index (χ4n) is 3.62. The first-order valence-electron chi connectivity index (χ1n) is 9.24. The van der Waals surface area contributed by atoms with Crippen molar-refractivity contribution in [1.82, 2.24) is 4.90 Å². The summed E-state index contributed by atoms with van der Waals surface area (Å²) in [7, 11) is 0. The highest BCUT2D eigenvalue weighted by molar-refractivity contribution is 7.19. The summed E-state index contributed by atoms with van der Waals surface area (Å²) >= 11 is 1.85. The Balaban J connectivity index is 1.36. The zero-order chi connectivity index (χ0) is 19.5. The second-order valence-corrected chi connectivity index (χ2v) is 8.06. The van der Waals surface area contributed by atoms with Crippen molar-refractivity contribution in [2.24, 2.45) is 0 Å². The largest absolute Gasteiger partial charge is 0.339 e. The van der Waals surface area contributed by atoms with E-state index < -0.39 is 5.09 Å². The third-order valence-electron chi connectivity index (χ3n) is 5.17. The second-order valence-electron chi connectivity index (χ2n) is 6.95. The highest BCUT2D eigenvalue weighted by Gasteiger charge is 2.25. The summed E-state index contributed by atoms with van der Waals surface area (Å²) in [5, 5.41) is 10.7. The Bertz CT molecular complexity index is 958. The first kappa shape index (κ1) is 18.4. The molecule has 0 radical (unpaired) electrons. The molecule has 0 unspecified atom stereocenters. The van der Waals surface area contributed by atoms with Crippen LogP contribution in [-0.4, -0.2) is 29.0 Å². The number of carbonyl (C=O) groups excluding carboxylic acids is 1. The summed E-state index contributed by atoms with van der Waals surface area (Å²) in [6.45, 7) is 1.37. The Morgan fingerprint density at radius 1 is 1.14 bits per heavy atom. The van der Waals surface area contributed by atoms with Crippen molar-refractivity contribution in [3.63, 3.8) is 0 Å². The molecule has 1 fully saturated rings. The number of hydrogen-bond acceptors (Lipinski definition) is 5. The average molecular weight is 396 g/mol. The van der Waals surface area contributed by atoms with Gasteiger partial charge in [-0.2, -0.15) is 0 Å². The first-order chi connectivity index (χ1) is 13.6. The van der Waals surface area contributed by atoms with E-state index in [2.05, 4.69) is 35.2 Å². The molecule has 4 rings (SSSR count). The molecule has 0 aliphatic carbocycles. The molecule has 2 heterocycles. The lowest BCUT2D eigenvalue weighted by molar-refractivity contribution is -0.763. The highest BCUT2D eigenvalue weighted by Crippen LogP contribution is 2.36. The number of carbonyl (C=O) groups is 1. The van der Waals surface area contributed by atoms with Gasteiger partial charge in [0.1, 0.15) is 6.61 Å². The van der Waals surface area contributed by atoms with E-state index >= 15 is 0 Å². The summed E-state index contributed by atoms with van der Waals surface area (Å²) in [4.78, 5) is 30.7. The Morgan fingerprint density at radius 3 is 2.54 bits per heavy atom. The van der Waals surface area contributed by atoms with Crippen LogP contribution in [0.15, 0.2) is 54.6 Å². The van der Waals surface area contributed by atoms with Gasteiger partial charge in [0.2, 0.25) is 0 Å². The minimum atomic E-state index is -0.820. The highest BCUT2D eigenvalue weighted by atomic mass is 32.1. The Hall–Kier alpha value is -2.93. The maximum absolute atomic E-state index is 12.8. The van der Waals surface area contributed by atoms with Crippen LogP contribution in [-0.2, 0) is 11.4 Å². The number of thiophene rings is 1. The van der Waals surface area contributed by atoms with Crippen LogP contribution >= 0.6 is 11.3 Å². The third kappa shape index (κ3) is 3.99. The molecular weight excluding hydrogens is 376 g/mol. The van der Waals surface area contributed by atoms with E-state index in [1.54, 1.807) is 24.3 Å². The molecule has 0 atom stereocenters. The van der Waals surface area contributed by atoms with Crippen molar-refractivity contribution in [2.45, 2.75) is 25.4 Å². The van der Waals surface area contributed by atoms with Crippen LogP contribution in [0.3, 0.4) is 0 Å². The third-order valence-corrected chi connectivity index (χ3v) is 6.45. The van der Waals surface area contributed by atoms with Crippen LogP contribution in [0, 0.1) is 10.1 Å². The van der Waals surface area contributed by atoms with Gasteiger partial charge in [0, 0.05) is 28.2 Å². The molecule has 7 heteroatoms. The molecule has 6 nitrogen and oxygen atoms in total. The predicted octanol–water partition coefficient (Wildman–Crippen LogP) is 4.63. The van der Waals surface area contributed by atoms with Gasteiger partial charge in [-0.25, -0.2) is 0 Å². The van der Waals surface area contributed by atoms with E-state index in [1.807, 2.05) is 16.2 Å². The normalized spacial score (nSPS) is 14.9. The van der Waals surface area contributed by atoms with Gasteiger partial charge in [0.15, 0.2) is 0 Å². The molecule has 1 amide bonds. The molecule has 0 saturated carbocycles. The molecule has 0 bridgehead atoms. The monoisotopic (exact) mass is 396 g/mol. The molecule has 1 saturated heterocycles. The van der Waals surface area contributed by atoms with Crippen molar-refractivity contribution in [3.05, 3.63) is 80.7 Å². The lowest BCUT2D eigenvalue weighted by atomic mass is 9.94. The fraction of sp³-hybridized carbons (Fsp3) is 0.286. The minimum absolute atomic E-state index is 0.0107. The molecule has 144 valence electrons. The van der Waals surface area contributed by atoms with Crippen LogP contribution in [0.2, 0.25) is 0 Å². The van der Waals surface area contributed by atoms with Crippen LogP contribution in [0.5, 0.6) is 0 Å². The molecule has 0 N–H and O–H groups in total. The minimum Gasteiger partial charge on any atom is -0.339 e. The molecule has 2 aromatic carbocycles. The summed E-state index contributed by atoms with van der Waals surface area (Å²) in [5.41, 5.74) is 1.27. The van der Waals surface area contributed by atoms with Gasteiger partial charge >= 0.3 is 0 Å². The van der Waals surface area contributed by atoms with Gasteiger partial charge in [-0.3, -0.25) is 4.79 Å². The van der Waals surface area contributed by atoms with E-state index in [0.29, 0.717) is 17.0 Å². The summed E-state index contributed by atoms with van der Waals surface area (Å²) in [6.07, 6.45) is 1.93. The smallest absolute Gasteiger partial charge is 0.294 e. The van der Waals surface area contributed by atoms with Gasteiger partial charge in [-0.1, -0.05) is 30.3 Å². The van der Waals surface area contributed by atoms with Crippen molar-refractivity contribution in [1.29, 1.82) is 0 Å². The number of rotatable bonds is 5. The van der Waals surface area contributed by atoms with Gasteiger partial charge in [-0.15, -0.1) is 21.5 Å². The number of likely N-dealkylation sites (tertiary alicyclic amines) is 1. The summed E-state index contributed by atoms with van der Waals surface area (Å²) in [5.74, 6) is 0.514. The van der Waals surface area contributed by atoms with Crippen molar-refractivity contribution >= 4 is 27.3 Å². The van der Waals surface area contributed by atoms with Crippen LogP contribution in [0.1, 0.15) is 39.6 Å². The molecular formula is C21H20N2O4S. The average Bonchev–Trinajstić information content (AvgIpc) is 3.16. The molecule has 1 aromatic heterocycles. The number of piperidine rings is 1. The lowest BCUT2D eigenvalue weighted by Crippen LogP contribution is -2.37. The number of nitrogens with zero attached hydrogens (tertiary/aromatic N) is 2. The zero-order valence-electron chi connectivity index (χ0n) is 15.2. The fourth-order valence-corrected chi connectivity index (χ4v) is 4.86. The molecule has 28 heavy (non-hydrogen) atoms. The maximum Gasteiger partial charge on any atom is 0.294 e. The second kappa shape index (κ2) is 7.98. The number of fused-ring (bicyclic) bond motifs is 1. The molecule has 3 aromatic rings. The lowest BCUT2D eigenvalue weighted by Gasteiger charge is -2.31. The van der Waals surface area contributed by atoms with E-state index in [1.165, 1.54) is 15.0 Å². The van der Waals surface area contributed by atoms with E-state index in [9.17, 15) is 14.9 Å². The molecule has 1 aliphatic rings. The van der Waals surface area contributed by atoms with Gasteiger partial charge < -0.3 is 9.74 Å². The predicted molar refractivity (Wildman–Crippen MR) is 108 cm³/mol. The van der Waals surface area contributed by atoms with Crippen molar-refractivity contribution in [3.8, 4) is 0 Å². The van der Waals surface area contributed by atoms with Gasteiger partial charge in [0.05, 0.1) is 0 Å². The van der Waals surface area contributed by atoms with Crippen LogP contribution in [0.25, 0.3) is 10.1 Å². The zero-order valence-corrected chi connectivity index (χ0v) is 16.1. The van der Waals surface area contributed by atoms with Crippen molar-refractivity contribution < 1.29 is 14.7 Å². The maximum atomic E-state index is 12.8. The van der Waals surface area contributed by atoms with E-state index in [4.69, 9.17) is 0 Å². The summed E-state index contributed by atoms with van der Waals surface area (Å²) < 4.78 is 1.32. The van der Waals surface area contributed by atoms with E-state index in [-0.39, 0.29) is 12.5 Å². The van der Waals surface area contributed by atoms with Crippen LogP contribution in [0.4, 0.5) is 0 Å². The standard InChI is InChI=1S/C21H20N2O4S/c24-21(17-7-5-15(6-8-17)14-27-23(25)26)22-11-9-16(10-12-22)20-13-18-3-1-2-4-19(18)28-20/h1-8,13,16H,9-12,14H2. The number of benzene rings is 2. The number of hydrogen-bond donors (Lipinski definition) is 0. The SMILES string of the molecule is O=C(c1ccc(CO[N+](=O)[O-])cc1)N1CCC(c2cc3ccccc3s2)CC1. The van der Waals surface area contributed by atoms with Gasteiger partial charge in [-0.05, 0) is 54.0 Å². The quantitative estimate of drug-likeness (QED) is 0.466. The number of amides is 1. The Kier molecular flexibility index (Phi) is 5.25. The Morgan fingerprint density at radius 2 is 1.86 bits per heavy atom.